The second-order valence-electron chi connectivity index (χ2n) is 5.98. The maximum Gasteiger partial charge on any atom is 0.258 e. The molecule has 3 aromatic rings. The molecule has 0 amide bonds. The van der Waals surface area contributed by atoms with E-state index in [4.69, 9.17) is 0 Å². The Morgan fingerprint density at radius 1 is 1.21 bits per heavy atom. The fourth-order valence-corrected chi connectivity index (χ4v) is 3.84. The number of H-pyrrole nitrogens is 1. The van der Waals surface area contributed by atoms with Gasteiger partial charge in [-0.2, -0.15) is 0 Å². The largest absolute Gasteiger partial charge is 0.346 e. The third-order valence-corrected chi connectivity index (χ3v) is 5.41. The van der Waals surface area contributed by atoms with Crippen molar-refractivity contribution < 1.29 is 0 Å². The van der Waals surface area contributed by atoms with Crippen molar-refractivity contribution in [2.24, 2.45) is 0 Å². The average molecular weight is 341 g/mol. The van der Waals surface area contributed by atoms with Gasteiger partial charge in [0.2, 0.25) is 0 Å². The number of thiazole rings is 1. The summed E-state index contributed by atoms with van der Waals surface area (Å²) in [5.74, 6) is 0.737. The Bertz CT molecular complexity index is 883. The van der Waals surface area contributed by atoms with Crippen LogP contribution in [0, 0.1) is 0 Å². The van der Waals surface area contributed by atoms with Crippen LogP contribution in [0.1, 0.15) is 18.8 Å². The van der Waals surface area contributed by atoms with E-state index in [9.17, 15) is 4.79 Å². The van der Waals surface area contributed by atoms with Crippen molar-refractivity contribution in [3.05, 3.63) is 52.0 Å². The molecule has 1 fully saturated rings. The van der Waals surface area contributed by atoms with Crippen molar-refractivity contribution in [2.75, 3.05) is 31.1 Å². The average Bonchev–Trinajstić information content (AvgIpc) is 3.16. The number of aromatic nitrogens is 3. The van der Waals surface area contributed by atoms with Crippen molar-refractivity contribution in [2.45, 2.75) is 13.0 Å². The quantitative estimate of drug-likeness (QED) is 0.792. The number of benzene rings is 1. The second-order valence-corrected chi connectivity index (χ2v) is 6.86. The molecule has 4 rings (SSSR count). The number of fused-ring (bicyclic) bond motifs is 1. The van der Waals surface area contributed by atoms with Gasteiger partial charge >= 0.3 is 0 Å². The van der Waals surface area contributed by atoms with Crippen molar-refractivity contribution in [1.29, 1.82) is 0 Å². The molecule has 0 aliphatic carbocycles. The normalized spacial score (nSPS) is 17.3. The fourth-order valence-electron chi connectivity index (χ4n) is 3.15. The Kier molecular flexibility index (Phi) is 4.03. The summed E-state index contributed by atoms with van der Waals surface area (Å²) in [4.78, 5) is 28.9. The van der Waals surface area contributed by atoms with Crippen LogP contribution in [0.2, 0.25) is 0 Å². The minimum Gasteiger partial charge on any atom is -0.346 e. The highest BCUT2D eigenvalue weighted by Gasteiger charge is 2.24. The van der Waals surface area contributed by atoms with Crippen molar-refractivity contribution in [1.82, 2.24) is 19.9 Å². The maximum absolute atomic E-state index is 12.3. The van der Waals surface area contributed by atoms with Gasteiger partial charge in [-0.25, -0.2) is 9.97 Å². The predicted molar refractivity (Wildman–Crippen MR) is 96.7 cm³/mol. The standard InChI is InChI=1S/C17H19N5OS/c1-12(15-19-14-5-3-2-4-13(14)16(23)20-15)21-7-9-22(10-8-21)17-18-6-11-24-17/h2-6,11-12H,7-10H2,1H3,(H,19,20,23)/t12-/m1/s1. The lowest BCUT2D eigenvalue weighted by Crippen LogP contribution is -2.47. The van der Waals surface area contributed by atoms with Gasteiger partial charge in [-0.05, 0) is 19.1 Å². The van der Waals surface area contributed by atoms with Crippen LogP contribution in [0.4, 0.5) is 5.13 Å². The molecule has 1 aromatic carbocycles. The number of nitrogens with one attached hydrogen (secondary N) is 1. The molecule has 1 atom stereocenters. The summed E-state index contributed by atoms with van der Waals surface area (Å²) in [6, 6.07) is 7.56. The summed E-state index contributed by atoms with van der Waals surface area (Å²) in [6.45, 7) is 5.84. The number of aromatic amines is 1. The van der Waals surface area contributed by atoms with Crippen LogP contribution in [-0.2, 0) is 0 Å². The van der Waals surface area contributed by atoms with Gasteiger partial charge in [0.15, 0.2) is 5.13 Å². The van der Waals surface area contributed by atoms with Gasteiger partial charge in [0.25, 0.3) is 5.56 Å². The smallest absolute Gasteiger partial charge is 0.258 e. The minimum atomic E-state index is -0.0659. The van der Waals surface area contributed by atoms with E-state index in [1.807, 2.05) is 35.8 Å². The lowest BCUT2D eigenvalue weighted by molar-refractivity contribution is 0.191. The molecule has 0 bridgehead atoms. The van der Waals surface area contributed by atoms with Crippen LogP contribution < -0.4 is 10.5 Å². The third-order valence-electron chi connectivity index (χ3n) is 4.58. The molecule has 124 valence electrons. The van der Waals surface area contributed by atoms with Crippen molar-refractivity contribution >= 4 is 27.4 Å². The summed E-state index contributed by atoms with van der Waals surface area (Å²) >= 11 is 1.68. The van der Waals surface area contributed by atoms with E-state index in [1.165, 1.54) is 0 Å². The number of hydrogen-bond acceptors (Lipinski definition) is 6. The Balaban J connectivity index is 1.52. The molecule has 3 heterocycles. The molecule has 24 heavy (non-hydrogen) atoms. The summed E-state index contributed by atoms with van der Waals surface area (Å²) in [7, 11) is 0. The number of piperazine rings is 1. The summed E-state index contributed by atoms with van der Waals surface area (Å²) < 4.78 is 0. The minimum absolute atomic E-state index is 0.0659. The monoisotopic (exact) mass is 341 g/mol. The zero-order valence-electron chi connectivity index (χ0n) is 13.5. The second kappa shape index (κ2) is 6.33. The van der Waals surface area contributed by atoms with Gasteiger partial charge in [-0.3, -0.25) is 9.69 Å². The zero-order chi connectivity index (χ0) is 16.5. The van der Waals surface area contributed by atoms with Crippen LogP contribution in [0.15, 0.2) is 40.6 Å². The molecule has 1 aliphatic heterocycles. The molecule has 2 aromatic heterocycles. The first-order chi connectivity index (χ1) is 11.7. The van der Waals surface area contributed by atoms with E-state index in [0.29, 0.717) is 5.39 Å². The van der Waals surface area contributed by atoms with Gasteiger partial charge in [0.05, 0.1) is 16.9 Å². The van der Waals surface area contributed by atoms with Gasteiger partial charge in [0.1, 0.15) is 5.82 Å². The van der Waals surface area contributed by atoms with E-state index in [1.54, 1.807) is 11.3 Å². The molecule has 0 spiro atoms. The number of rotatable bonds is 3. The Hall–Kier alpha value is -2.25. The first kappa shape index (κ1) is 15.3. The lowest BCUT2D eigenvalue weighted by atomic mass is 10.2. The molecule has 0 unspecified atom stereocenters. The van der Waals surface area contributed by atoms with Crippen molar-refractivity contribution in [3.63, 3.8) is 0 Å². The van der Waals surface area contributed by atoms with E-state index < -0.39 is 0 Å². The summed E-state index contributed by atoms with van der Waals surface area (Å²) in [5, 5.41) is 3.73. The molecular formula is C17H19N5OS. The predicted octanol–water partition coefficient (Wildman–Crippen LogP) is 2.26. The number of para-hydroxylation sites is 1. The molecule has 1 aliphatic rings. The van der Waals surface area contributed by atoms with Crippen molar-refractivity contribution in [3.8, 4) is 0 Å². The first-order valence-corrected chi connectivity index (χ1v) is 8.98. The molecule has 1 N–H and O–H groups in total. The van der Waals surface area contributed by atoms with Crippen LogP contribution in [0.25, 0.3) is 10.9 Å². The number of hydrogen-bond donors (Lipinski definition) is 1. The fraction of sp³-hybridized carbons (Fsp3) is 0.353. The van der Waals surface area contributed by atoms with Gasteiger partial charge in [-0.1, -0.05) is 12.1 Å². The number of anilines is 1. The number of nitrogens with zero attached hydrogens (tertiary/aromatic N) is 4. The Morgan fingerprint density at radius 2 is 2.00 bits per heavy atom. The third kappa shape index (κ3) is 2.81. The van der Waals surface area contributed by atoms with E-state index >= 15 is 0 Å². The van der Waals surface area contributed by atoms with Crippen LogP contribution in [0.3, 0.4) is 0 Å². The summed E-state index contributed by atoms with van der Waals surface area (Å²) in [5.41, 5.74) is 0.688. The van der Waals surface area contributed by atoms with E-state index in [0.717, 1.165) is 42.7 Å². The SMILES string of the molecule is C[C@H](c1nc2ccccc2c(=O)[nH]1)N1CCN(c2nccs2)CC1. The molecule has 0 radical (unpaired) electrons. The molecule has 7 heteroatoms. The zero-order valence-corrected chi connectivity index (χ0v) is 14.3. The van der Waals surface area contributed by atoms with Crippen LogP contribution >= 0.6 is 11.3 Å². The highest BCUT2D eigenvalue weighted by atomic mass is 32.1. The van der Waals surface area contributed by atoms with Crippen LogP contribution in [0.5, 0.6) is 0 Å². The lowest BCUT2D eigenvalue weighted by Gasteiger charge is -2.37. The molecule has 1 saturated heterocycles. The van der Waals surface area contributed by atoms with Gasteiger partial charge < -0.3 is 9.88 Å². The van der Waals surface area contributed by atoms with Gasteiger partial charge in [-0.15, -0.1) is 11.3 Å². The van der Waals surface area contributed by atoms with Crippen LogP contribution in [-0.4, -0.2) is 46.0 Å². The Morgan fingerprint density at radius 3 is 2.75 bits per heavy atom. The van der Waals surface area contributed by atoms with E-state index in [-0.39, 0.29) is 11.6 Å². The summed E-state index contributed by atoms with van der Waals surface area (Å²) in [6.07, 6.45) is 1.85. The molecular weight excluding hydrogens is 322 g/mol. The first-order valence-electron chi connectivity index (χ1n) is 8.10. The van der Waals surface area contributed by atoms with E-state index in [2.05, 4.69) is 31.7 Å². The van der Waals surface area contributed by atoms with Gasteiger partial charge in [0, 0.05) is 37.8 Å². The molecule has 6 nitrogen and oxygen atoms in total. The Labute approximate surface area is 143 Å². The highest BCUT2D eigenvalue weighted by Crippen LogP contribution is 2.23. The molecule has 0 saturated carbocycles. The maximum atomic E-state index is 12.3. The topological polar surface area (TPSA) is 65.1 Å². The highest BCUT2D eigenvalue weighted by molar-refractivity contribution is 7.13.